The lowest BCUT2D eigenvalue weighted by atomic mass is 10.2. The van der Waals surface area contributed by atoms with Gasteiger partial charge < -0.3 is 5.11 Å². The van der Waals surface area contributed by atoms with Crippen molar-refractivity contribution in [3.05, 3.63) is 35.6 Å². The quantitative estimate of drug-likeness (QED) is 0.667. The minimum atomic E-state index is -0.938. The molecule has 0 aromatic heterocycles. The van der Waals surface area contributed by atoms with Crippen LogP contribution in [0.4, 0.5) is 4.39 Å². The van der Waals surface area contributed by atoms with E-state index in [0.717, 1.165) is 5.56 Å². The molecule has 0 spiro atoms. The molecule has 3 nitrogen and oxygen atoms in total. The summed E-state index contributed by atoms with van der Waals surface area (Å²) in [5.74, 6) is -1.02. The average molecular weight is 229 g/mol. The highest BCUT2D eigenvalue weighted by Gasteiger charge is 2.13. The first kappa shape index (κ1) is 12.0. The molecule has 2 N–H and O–H groups in total. The van der Waals surface area contributed by atoms with Gasteiger partial charge in [-0.2, -0.15) is 12.6 Å². The van der Waals surface area contributed by atoms with Gasteiger partial charge in [0.2, 0.25) is 0 Å². The van der Waals surface area contributed by atoms with Gasteiger partial charge in [-0.25, -0.2) is 4.39 Å². The summed E-state index contributed by atoms with van der Waals surface area (Å²) >= 11 is 3.91. The summed E-state index contributed by atoms with van der Waals surface area (Å²) < 4.78 is 12.6. The van der Waals surface area contributed by atoms with Crippen LogP contribution in [0.1, 0.15) is 5.56 Å². The van der Waals surface area contributed by atoms with Crippen LogP contribution in [0.3, 0.4) is 0 Å². The van der Waals surface area contributed by atoms with Gasteiger partial charge in [0, 0.05) is 12.3 Å². The largest absolute Gasteiger partial charge is 0.480 e. The summed E-state index contributed by atoms with van der Waals surface area (Å²) in [5, 5.41) is 11.5. The first-order chi connectivity index (χ1) is 7.13. The third kappa shape index (κ3) is 3.89. The molecular weight excluding hydrogens is 217 g/mol. The molecule has 0 amide bonds. The molecule has 0 aliphatic carbocycles. The van der Waals surface area contributed by atoms with Gasteiger partial charge in [0.1, 0.15) is 11.9 Å². The Morgan fingerprint density at radius 1 is 1.47 bits per heavy atom. The van der Waals surface area contributed by atoms with Crippen LogP contribution < -0.4 is 5.32 Å². The normalized spacial score (nSPS) is 12.4. The van der Waals surface area contributed by atoms with Gasteiger partial charge in [0.15, 0.2) is 0 Å². The standard InChI is InChI=1S/C10H12FNO2S/c11-8-3-1-7(2-4-8)5-12-9(6-15)10(13)14/h1-4,9,12,15H,5-6H2,(H,13,14). The fraction of sp³-hybridized carbons (Fsp3) is 0.300. The summed E-state index contributed by atoms with van der Waals surface area (Å²) in [7, 11) is 0. The van der Waals surface area contributed by atoms with E-state index in [1.165, 1.54) is 12.1 Å². The Balaban J connectivity index is 2.49. The monoisotopic (exact) mass is 229 g/mol. The van der Waals surface area contributed by atoms with Crippen LogP contribution in [0, 0.1) is 5.82 Å². The Labute approximate surface area is 92.7 Å². The van der Waals surface area contributed by atoms with Crippen molar-refractivity contribution in [3.8, 4) is 0 Å². The molecule has 82 valence electrons. The molecule has 0 aliphatic heterocycles. The maximum Gasteiger partial charge on any atom is 0.321 e. The first-order valence-corrected chi connectivity index (χ1v) is 5.08. The van der Waals surface area contributed by atoms with Gasteiger partial charge in [-0.15, -0.1) is 0 Å². The second kappa shape index (κ2) is 5.72. The summed E-state index contributed by atoms with van der Waals surface area (Å²) in [5.41, 5.74) is 0.837. The number of thiol groups is 1. The number of aliphatic carboxylic acids is 1. The Morgan fingerprint density at radius 3 is 2.53 bits per heavy atom. The fourth-order valence-electron chi connectivity index (χ4n) is 1.07. The second-order valence-corrected chi connectivity index (χ2v) is 3.45. The van der Waals surface area contributed by atoms with E-state index in [0.29, 0.717) is 6.54 Å². The molecule has 0 aliphatic rings. The Bertz CT molecular complexity index is 329. The van der Waals surface area contributed by atoms with Crippen LogP contribution in [0.25, 0.3) is 0 Å². The van der Waals surface area contributed by atoms with Gasteiger partial charge in [-0.3, -0.25) is 10.1 Å². The molecule has 15 heavy (non-hydrogen) atoms. The van der Waals surface area contributed by atoms with Gasteiger partial charge in [0.05, 0.1) is 0 Å². The molecule has 0 radical (unpaired) electrons. The van der Waals surface area contributed by atoms with E-state index in [2.05, 4.69) is 17.9 Å². The number of rotatable bonds is 5. The highest BCUT2D eigenvalue weighted by Crippen LogP contribution is 2.02. The van der Waals surface area contributed by atoms with E-state index in [1.807, 2.05) is 0 Å². The SMILES string of the molecule is O=C(O)C(CS)NCc1ccc(F)cc1. The Morgan fingerprint density at radius 2 is 2.07 bits per heavy atom. The van der Waals surface area contributed by atoms with Gasteiger partial charge >= 0.3 is 5.97 Å². The van der Waals surface area contributed by atoms with Crippen LogP contribution >= 0.6 is 12.6 Å². The molecule has 1 atom stereocenters. The van der Waals surface area contributed by atoms with Crippen molar-refractivity contribution >= 4 is 18.6 Å². The molecule has 1 unspecified atom stereocenters. The van der Waals surface area contributed by atoms with Gasteiger partial charge in [0.25, 0.3) is 0 Å². The fourth-order valence-corrected chi connectivity index (χ4v) is 1.36. The molecule has 5 heteroatoms. The summed E-state index contributed by atoms with van der Waals surface area (Å²) in [4.78, 5) is 10.6. The van der Waals surface area contributed by atoms with Crippen molar-refractivity contribution in [2.75, 3.05) is 5.75 Å². The number of carbonyl (C=O) groups is 1. The minimum Gasteiger partial charge on any atom is -0.480 e. The molecule has 1 aromatic carbocycles. The number of hydrogen-bond donors (Lipinski definition) is 3. The van der Waals surface area contributed by atoms with E-state index in [4.69, 9.17) is 5.11 Å². The third-order valence-electron chi connectivity index (χ3n) is 1.95. The minimum absolute atomic E-state index is 0.219. The second-order valence-electron chi connectivity index (χ2n) is 3.08. The average Bonchev–Trinajstić information content (AvgIpc) is 2.21. The lowest BCUT2D eigenvalue weighted by molar-refractivity contribution is -0.138. The highest BCUT2D eigenvalue weighted by molar-refractivity contribution is 7.80. The molecule has 0 saturated carbocycles. The van der Waals surface area contributed by atoms with Crippen molar-refractivity contribution in [3.63, 3.8) is 0 Å². The van der Waals surface area contributed by atoms with E-state index in [1.54, 1.807) is 12.1 Å². The lowest BCUT2D eigenvalue weighted by Crippen LogP contribution is -2.37. The predicted octanol–water partition coefficient (Wildman–Crippen LogP) is 1.30. The lowest BCUT2D eigenvalue weighted by Gasteiger charge is -2.11. The Hall–Kier alpha value is -1.07. The van der Waals surface area contributed by atoms with Crippen molar-refractivity contribution in [1.82, 2.24) is 5.32 Å². The van der Waals surface area contributed by atoms with Crippen molar-refractivity contribution in [2.24, 2.45) is 0 Å². The third-order valence-corrected chi connectivity index (χ3v) is 2.31. The predicted molar refractivity (Wildman–Crippen MR) is 58.5 cm³/mol. The van der Waals surface area contributed by atoms with Crippen molar-refractivity contribution in [2.45, 2.75) is 12.6 Å². The number of hydrogen-bond acceptors (Lipinski definition) is 3. The maximum absolute atomic E-state index is 12.6. The van der Waals surface area contributed by atoms with Crippen molar-refractivity contribution < 1.29 is 14.3 Å². The maximum atomic E-state index is 12.6. The van der Waals surface area contributed by atoms with Crippen LogP contribution in [-0.2, 0) is 11.3 Å². The zero-order valence-electron chi connectivity index (χ0n) is 7.98. The molecule has 0 fully saturated rings. The number of carboxylic acid groups (broad SMARTS) is 1. The number of benzene rings is 1. The summed E-state index contributed by atoms with van der Waals surface area (Å²) in [6.07, 6.45) is 0. The van der Waals surface area contributed by atoms with Crippen LogP contribution in [0.15, 0.2) is 24.3 Å². The Kier molecular flexibility index (Phi) is 4.58. The molecule has 1 rings (SSSR count). The van der Waals surface area contributed by atoms with Crippen molar-refractivity contribution in [1.29, 1.82) is 0 Å². The smallest absolute Gasteiger partial charge is 0.321 e. The summed E-state index contributed by atoms with van der Waals surface area (Å²) in [6.45, 7) is 0.387. The van der Waals surface area contributed by atoms with E-state index >= 15 is 0 Å². The van der Waals surface area contributed by atoms with Gasteiger partial charge in [-0.05, 0) is 17.7 Å². The molecular formula is C10H12FNO2S. The number of halogens is 1. The van der Waals surface area contributed by atoms with Crippen LogP contribution in [0.5, 0.6) is 0 Å². The zero-order chi connectivity index (χ0) is 11.3. The van der Waals surface area contributed by atoms with E-state index < -0.39 is 12.0 Å². The summed E-state index contributed by atoms with van der Waals surface area (Å²) in [6, 6.07) is 5.22. The van der Waals surface area contributed by atoms with E-state index in [-0.39, 0.29) is 11.6 Å². The topological polar surface area (TPSA) is 49.3 Å². The first-order valence-electron chi connectivity index (χ1n) is 4.45. The number of nitrogens with one attached hydrogen (secondary N) is 1. The highest BCUT2D eigenvalue weighted by atomic mass is 32.1. The zero-order valence-corrected chi connectivity index (χ0v) is 8.88. The van der Waals surface area contributed by atoms with Crippen LogP contribution in [-0.4, -0.2) is 22.9 Å². The van der Waals surface area contributed by atoms with E-state index in [9.17, 15) is 9.18 Å². The van der Waals surface area contributed by atoms with Gasteiger partial charge in [-0.1, -0.05) is 12.1 Å². The molecule has 1 aromatic rings. The molecule has 0 saturated heterocycles. The number of carboxylic acids is 1. The molecule has 0 bridgehead atoms. The van der Waals surface area contributed by atoms with Crippen LogP contribution in [0.2, 0.25) is 0 Å². The molecule has 0 heterocycles.